The minimum absolute atomic E-state index is 0.222. The van der Waals surface area contributed by atoms with Crippen molar-refractivity contribution < 1.29 is 4.79 Å². The van der Waals surface area contributed by atoms with Crippen molar-refractivity contribution in [2.75, 3.05) is 5.32 Å². The SMILES string of the molecule is NC1(C(=O)Nc2cc(Cl)c(Cl)cc2Cl)CCCC1. The predicted molar refractivity (Wildman–Crippen MR) is 75.5 cm³/mol. The van der Waals surface area contributed by atoms with Gasteiger partial charge in [0, 0.05) is 0 Å². The Hall–Kier alpha value is -0.480. The van der Waals surface area contributed by atoms with Crippen LogP contribution in [0.2, 0.25) is 15.1 Å². The van der Waals surface area contributed by atoms with Gasteiger partial charge in [-0.15, -0.1) is 0 Å². The van der Waals surface area contributed by atoms with Crippen molar-refractivity contribution >= 4 is 46.4 Å². The number of hydrogen-bond donors (Lipinski definition) is 2. The molecule has 0 unspecified atom stereocenters. The first kappa shape index (κ1) is 13.9. The van der Waals surface area contributed by atoms with Crippen LogP contribution in [0.15, 0.2) is 12.1 Å². The molecule has 98 valence electrons. The van der Waals surface area contributed by atoms with Gasteiger partial charge in [0.1, 0.15) is 0 Å². The summed E-state index contributed by atoms with van der Waals surface area (Å²) in [5.74, 6) is -0.222. The van der Waals surface area contributed by atoms with E-state index in [9.17, 15) is 4.79 Å². The van der Waals surface area contributed by atoms with Gasteiger partial charge in [-0.2, -0.15) is 0 Å². The van der Waals surface area contributed by atoms with Gasteiger partial charge >= 0.3 is 0 Å². The molecule has 0 aromatic heterocycles. The first-order valence-electron chi connectivity index (χ1n) is 5.67. The lowest BCUT2D eigenvalue weighted by molar-refractivity contribution is -0.121. The number of benzene rings is 1. The van der Waals surface area contributed by atoms with Gasteiger partial charge in [0.15, 0.2) is 0 Å². The maximum absolute atomic E-state index is 12.1. The Kier molecular flexibility index (Phi) is 4.07. The Morgan fingerprint density at radius 3 is 2.28 bits per heavy atom. The van der Waals surface area contributed by atoms with Crippen molar-refractivity contribution in [1.82, 2.24) is 0 Å². The average Bonchev–Trinajstić information content (AvgIpc) is 2.74. The van der Waals surface area contributed by atoms with Crippen molar-refractivity contribution in [1.29, 1.82) is 0 Å². The summed E-state index contributed by atoms with van der Waals surface area (Å²) in [4.78, 5) is 12.1. The largest absolute Gasteiger partial charge is 0.323 e. The van der Waals surface area contributed by atoms with E-state index in [2.05, 4.69) is 5.32 Å². The van der Waals surface area contributed by atoms with Crippen molar-refractivity contribution in [3.05, 3.63) is 27.2 Å². The lowest BCUT2D eigenvalue weighted by Crippen LogP contribution is -2.48. The molecular formula is C12H13Cl3N2O. The van der Waals surface area contributed by atoms with Crippen LogP contribution in [0, 0.1) is 0 Å². The lowest BCUT2D eigenvalue weighted by atomic mass is 9.98. The monoisotopic (exact) mass is 306 g/mol. The fourth-order valence-corrected chi connectivity index (χ4v) is 2.69. The molecule has 6 heteroatoms. The Morgan fingerprint density at radius 1 is 1.11 bits per heavy atom. The molecule has 0 aliphatic heterocycles. The minimum atomic E-state index is -0.796. The van der Waals surface area contributed by atoms with Gasteiger partial charge in [-0.3, -0.25) is 4.79 Å². The Balaban J connectivity index is 2.19. The van der Waals surface area contributed by atoms with Crippen LogP contribution >= 0.6 is 34.8 Å². The number of anilines is 1. The maximum atomic E-state index is 12.1. The van der Waals surface area contributed by atoms with Crippen molar-refractivity contribution in [2.24, 2.45) is 5.73 Å². The van der Waals surface area contributed by atoms with Crippen LogP contribution < -0.4 is 11.1 Å². The number of nitrogens with two attached hydrogens (primary N) is 1. The van der Waals surface area contributed by atoms with Crippen LogP contribution in [-0.4, -0.2) is 11.4 Å². The molecular weight excluding hydrogens is 295 g/mol. The summed E-state index contributed by atoms with van der Waals surface area (Å²) in [6.45, 7) is 0. The molecule has 18 heavy (non-hydrogen) atoms. The number of carbonyl (C=O) groups excluding carboxylic acids is 1. The van der Waals surface area contributed by atoms with Gasteiger partial charge in [0.05, 0.1) is 26.3 Å². The van der Waals surface area contributed by atoms with Gasteiger partial charge in [0.25, 0.3) is 0 Å². The third-order valence-electron chi connectivity index (χ3n) is 3.21. The van der Waals surface area contributed by atoms with Gasteiger partial charge in [-0.05, 0) is 25.0 Å². The normalized spacial score (nSPS) is 17.8. The van der Waals surface area contributed by atoms with Crippen LogP contribution in [0.5, 0.6) is 0 Å². The molecule has 1 aliphatic carbocycles. The van der Waals surface area contributed by atoms with Crippen molar-refractivity contribution in [3.8, 4) is 0 Å². The fourth-order valence-electron chi connectivity index (χ4n) is 2.10. The molecule has 0 radical (unpaired) electrons. The molecule has 3 N–H and O–H groups in total. The van der Waals surface area contributed by atoms with E-state index in [4.69, 9.17) is 40.5 Å². The molecule has 0 heterocycles. The number of amides is 1. The van der Waals surface area contributed by atoms with Crippen LogP contribution in [0.3, 0.4) is 0 Å². The van der Waals surface area contributed by atoms with E-state index in [-0.39, 0.29) is 5.91 Å². The summed E-state index contributed by atoms with van der Waals surface area (Å²) in [7, 11) is 0. The highest BCUT2D eigenvalue weighted by atomic mass is 35.5. The number of nitrogens with one attached hydrogen (secondary N) is 1. The van der Waals surface area contributed by atoms with Gasteiger partial charge in [0.2, 0.25) is 5.91 Å². The maximum Gasteiger partial charge on any atom is 0.244 e. The molecule has 2 rings (SSSR count). The van der Waals surface area contributed by atoms with Crippen LogP contribution in [0.25, 0.3) is 0 Å². The standard InChI is InChI=1S/C12H13Cl3N2O/c13-7-5-9(15)10(6-8(7)14)17-11(18)12(16)3-1-2-4-12/h5-6H,1-4,16H2,(H,17,18). The molecule has 1 saturated carbocycles. The zero-order chi connectivity index (χ0) is 13.3. The number of rotatable bonds is 2. The third kappa shape index (κ3) is 2.75. The summed E-state index contributed by atoms with van der Waals surface area (Å²) < 4.78 is 0. The quantitative estimate of drug-likeness (QED) is 0.815. The first-order chi connectivity index (χ1) is 8.42. The summed E-state index contributed by atoms with van der Waals surface area (Å²) in [5, 5.41) is 3.76. The van der Waals surface area contributed by atoms with Crippen LogP contribution in [-0.2, 0) is 4.79 Å². The summed E-state index contributed by atoms with van der Waals surface area (Å²) in [6, 6.07) is 3.03. The molecule has 0 spiro atoms. The Morgan fingerprint density at radius 2 is 1.67 bits per heavy atom. The topological polar surface area (TPSA) is 55.1 Å². The van der Waals surface area contributed by atoms with E-state index in [1.807, 2.05) is 0 Å². The van der Waals surface area contributed by atoms with Gasteiger partial charge in [-0.25, -0.2) is 0 Å². The van der Waals surface area contributed by atoms with Crippen molar-refractivity contribution in [2.45, 2.75) is 31.2 Å². The zero-order valence-corrected chi connectivity index (χ0v) is 11.9. The summed E-state index contributed by atoms with van der Waals surface area (Å²) in [5.41, 5.74) is 5.70. The van der Waals surface area contributed by atoms with Crippen LogP contribution in [0.1, 0.15) is 25.7 Å². The fraction of sp³-hybridized carbons (Fsp3) is 0.417. The second-order valence-electron chi connectivity index (χ2n) is 4.56. The molecule has 0 saturated heterocycles. The molecule has 3 nitrogen and oxygen atoms in total. The van der Waals surface area contributed by atoms with E-state index in [1.165, 1.54) is 12.1 Å². The van der Waals surface area contributed by atoms with Gasteiger partial charge in [-0.1, -0.05) is 47.6 Å². The second kappa shape index (κ2) is 5.25. The molecule has 1 fully saturated rings. The lowest BCUT2D eigenvalue weighted by Gasteiger charge is -2.22. The molecule has 1 aromatic rings. The molecule has 0 bridgehead atoms. The van der Waals surface area contributed by atoms with E-state index < -0.39 is 5.54 Å². The number of hydrogen-bond acceptors (Lipinski definition) is 2. The zero-order valence-electron chi connectivity index (χ0n) is 9.60. The summed E-state index contributed by atoms with van der Waals surface area (Å²) in [6.07, 6.45) is 3.33. The average molecular weight is 308 g/mol. The first-order valence-corrected chi connectivity index (χ1v) is 6.81. The number of carbonyl (C=O) groups is 1. The molecule has 1 aromatic carbocycles. The van der Waals surface area contributed by atoms with Crippen molar-refractivity contribution in [3.63, 3.8) is 0 Å². The van der Waals surface area contributed by atoms with E-state index in [0.29, 0.717) is 33.6 Å². The van der Waals surface area contributed by atoms with E-state index in [0.717, 1.165) is 12.8 Å². The Labute approximate surface area is 121 Å². The third-order valence-corrected chi connectivity index (χ3v) is 4.24. The molecule has 0 atom stereocenters. The van der Waals surface area contributed by atoms with Crippen LogP contribution in [0.4, 0.5) is 5.69 Å². The summed E-state index contributed by atoms with van der Waals surface area (Å²) >= 11 is 17.7. The number of halogens is 3. The second-order valence-corrected chi connectivity index (χ2v) is 5.79. The highest BCUT2D eigenvalue weighted by molar-refractivity contribution is 6.44. The van der Waals surface area contributed by atoms with Gasteiger partial charge < -0.3 is 11.1 Å². The highest BCUT2D eigenvalue weighted by Crippen LogP contribution is 2.34. The highest BCUT2D eigenvalue weighted by Gasteiger charge is 2.37. The van der Waals surface area contributed by atoms with E-state index >= 15 is 0 Å². The minimum Gasteiger partial charge on any atom is -0.323 e. The Bertz CT molecular complexity index is 484. The molecule has 1 amide bonds. The smallest absolute Gasteiger partial charge is 0.244 e. The van der Waals surface area contributed by atoms with E-state index in [1.54, 1.807) is 0 Å². The molecule has 1 aliphatic rings. The predicted octanol–water partition coefficient (Wildman–Crippen LogP) is 3.86.